The van der Waals surface area contributed by atoms with Crippen molar-refractivity contribution in [3.63, 3.8) is 0 Å². The van der Waals surface area contributed by atoms with Gasteiger partial charge in [0.1, 0.15) is 0 Å². The van der Waals surface area contributed by atoms with Crippen molar-refractivity contribution in [2.24, 2.45) is 13.0 Å². The molecule has 2 aliphatic rings. The van der Waals surface area contributed by atoms with Gasteiger partial charge in [0.05, 0.1) is 11.7 Å². The molecule has 1 unspecified atom stereocenters. The summed E-state index contributed by atoms with van der Waals surface area (Å²) < 4.78 is 1.86. The summed E-state index contributed by atoms with van der Waals surface area (Å²) >= 11 is 0. The number of aromatic nitrogens is 2. The van der Waals surface area contributed by atoms with Gasteiger partial charge in [0.15, 0.2) is 0 Å². The van der Waals surface area contributed by atoms with E-state index < -0.39 is 0 Å². The van der Waals surface area contributed by atoms with Crippen molar-refractivity contribution in [3.8, 4) is 0 Å². The molecule has 4 rings (SSSR count). The van der Waals surface area contributed by atoms with E-state index in [1.165, 1.54) is 16.7 Å². The van der Waals surface area contributed by atoms with Crippen LogP contribution < -0.4 is 5.32 Å². The molecule has 1 aromatic carbocycles. The highest BCUT2D eigenvalue weighted by Crippen LogP contribution is 2.31. The molecular weight excluding hydrogens is 274 g/mol. The number of carbonyl (C=O) groups excluding carboxylic acids is 1. The van der Waals surface area contributed by atoms with E-state index in [1.54, 1.807) is 0 Å². The number of hydrogen-bond acceptors (Lipinski definition) is 2. The first-order chi connectivity index (χ1) is 10.7. The van der Waals surface area contributed by atoms with Crippen molar-refractivity contribution < 1.29 is 4.79 Å². The lowest BCUT2D eigenvalue weighted by atomic mass is 9.92. The molecular formula is C18H21N3O. The molecule has 2 aliphatic carbocycles. The molecule has 1 aromatic heterocycles. The molecule has 0 spiro atoms. The van der Waals surface area contributed by atoms with Crippen LogP contribution in [0.15, 0.2) is 30.5 Å². The zero-order chi connectivity index (χ0) is 15.1. The van der Waals surface area contributed by atoms with E-state index in [9.17, 15) is 4.79 Å². The second kappa shape index (κ2) is 5.27. The number of nitrogens with one attached hydrogen (secondary N) is 1. The first kappa shape index (κ1) is 13.6. The molecule has 2 aromatic rings. The number of aryl methyl sites for hydroxylation is 2. The Bertz CT molecular complexity index is 694. The molecule has 0 fully saturated rings. The van der Waals surface area contributed by atoms with Crippen LogP contribution in [0.5, 0.6) is 0 Å². The van der Waals surface area contributed by atoms with Crippen LogP contribution in [0.1, 0.15) is 41.3 Å². The summed E-state index contributed by atoms with van der Waals surface area (Å²) in [5.74, 6) is 0.275. The Hall–Kier alpha value is -2.10. The highest BCUT2D eigenvalue weighted by Gasteiger charge is 2.30. The van der Waals surface area contributed by atoms with E-state index in [-0.39, 0.29) is 17.9 Å². The van der Waals surface area contributed by atoms with Crippen LogP contribution in [-0.2, 0) is 31.1 Å². The number of fused-ring (bicyclic) bond motifs is 2. The lowest BCUT2D eigenvalue weighted by molar-refractivity contribution is -0.125. The van der Waals surface area contributed by atoms with Gasteiger partial charge in [-0.3, -0.25) is 9.48 Å². The second-order valence-electron chi connectivity index (χ2n) is 6.53. The predicted octanol–water partition coefficient (Wildman–Crippen LogP) is 2.33. The van der Waals surface area contributed by atoms with Crippen LogP contribution >= 0.6 is 0 Å². The third-order valence-corrected chi connectivity index (χ3v) is 4.96. The molecule has 22 heavy (non-hydrogen) atoms. The van der Waals surface area contributed by atoms with Gasteiger partial charge in [0, 0.05) is 24.7 Å². The second-order valence-corrected chi connectivity index (χ2v) is 6.53. The summed E-state index contributed by atoms with van der Waals surface area (Å²) in [6.07, 6.45) is 6.94. The van der Waals surface area contributed by atoms with E-state index in [1.807, 2.05) is 11.7 Å². The number of benzene rings is 1. The summed E-state index contributed by atoms with van der Waals surface area (Å²) in [5, 5.41) is 7.78. The number of amides is 1. The van der Waals surface area contributed by atoms with E-state index in [4.69, 9.17) is 0 Å². The molecule has 0 aliphatic heterocycles. The Labute approximate surface area is 130 Å². The molecule has 0 radical (unpaired) electrons. The average molecular weight is 295 g/mol. The minimum atomic E-state index is 0.0828. The van der Waals surface area contributed by atoms with E-state index in [2.05, 4.69) is 40.9 Å². The summed E-state index contributed by atoms with van der Waals surface area (Å²) in [6, 6.07) is 8.53. The van der Waals surface area contributed by atoms with Gasteiger partial charge < -0.3 is 5.32 Å². The van der Waals surface area contributed by atoms with Gasteiger partial charge in [-0.25, -0.2) is 0 Å². The van der Waals surface area contributed by atoms with Gasteiger partial charge in [-0.1, -0.05) is 24.3 Å². The lowest BCUT2D eigenvalue weighted by Gasteiger charge is -2.24. The topological polar surface area (TPSA) is 46.9 Å². The van der Waals surface area contributed by atoms with Gasteiger partial charge in [0.25, 0.3) is 0 Å². The third kappa shape index (κ3) is 2.32. The zero-order valence-electron chi connectivity index (χ0n) is 12.9. The molecule has 1 heterocycles. The molecule has 0 saturated heterocycles. The van der Waals surface area contributed by atoms with Crippen LogP contribution in [0.4, 0.5) is 0 Å². The number of nitrogens with zero attached hydrogens (tertiary/aromatic N) is 2. The maximum Gasteiger partial charge on any atom is 0.224 e. The first-order valence-electron chi connectivity index (χ1n) is 8.10. The summed E-state index contributed by atoms with van der Waals surface area (Å²) in [4.78, 5) is 12.7. The first-order valence-corrected chi connectivity index (χ1v) is 8.10. The fourth-order valence-electron chi connectivity index (χ4n) is 3.85. The maximum atomic E-state index is 12.7. The van der Waals surface area contributed by atoms with Crippen molar-refractivity contribution in [1.82, 2.24) is 15.1 Å². The normalized spacial score (nSPS) is 20.5. The molecule has 1 atom stereocenters. The molecule has 1 amide bonds. The SMILES string of the molecule is Cn1cc2c(n1)CCCC2NC(=O)C1Cc2ccccc2C1. The Morgan fingerprint density at radius 2 is 2.00 bits per heavy atom. The van der Waals surface area contributed by atoms with Crippen molar-refractivity contribution in [2.75, 3.05) is 0 Å². The van der Waals surface area contributed by atoms with Crippen molar-refractivity contribution in [1.29, 1.82) is 0 Å². The quantitative estimate of drug-likeness (QED) is 0.924. The van der Waals surface area contributed by atoms with Gasteiger partial charge >= 0.3 is 0 Å². The van der Waals surface area contributed by atoms with E-state index in [0.29, 0.717) is 0 Å². The minimum absolute atomic E-state index is 0.0828. The molecule has 1 N–H and O–H groups in total. The summed E-state index contributed by atoms with van der Waals surface area (Å²) in [7, 11) is 1.95. The van der Waals surface area contributed by atoms with Crippen LogP contribution in [-0.4, -0.2) is 15.7 Å². The number of rotatable bonds is 2. The third-order valence-electron chi connectivity index (χ3n) is 4.96. The predicted molar refractivity (Wildman–Crippen MR) is 84.4 cm³/mol. The van der Waals surface area contributed by atoms with Crippen molar-refractivity contribution >= 4 is 5.91 Å². The molecule has 0 saturated carbocycles. The van der Waals surface area contributed by atoms with Crippen molar-refractivity contribution in [2.45, 2.75) is 38.1 Å². The maximum absolute atomic E-state index is 12.7. The van der Waals surface area contributed by atoms with Crippen molar-refractivity contribution in [3.05, 3.63) is 52.8 Å². The highest BCUT2D eigenvalue weighted by molar-refractivity contribution is 5.80. The molecule has 4 nitrogen and oxygen atoms in total. The standard InChI is InChI=1S/C18H21N3O/c1-21-11-15-16(7-4-8-17(15)20-21)19-18(22)14-9-12-5-2-3-6-13(12)10-14/h2-3,5-6,11,14,16H,4,7-10H2,1H3,(H,19,22). The molecule has 4 heteroatoms. The van der Waals surface area contributed by atoms with Gasteiger partial charge in [-0.15, -0.1) is 0 Å². The van der Waals surface area contributed by atoms with Crippen LogP contribution in [0.3, 0.4) is 0 Å². The fraction of sp³-hybridized carbons (Fsp3) is 0.444. The van der Waals surface area contributed by atoms with E-state index in [0.717, 1.165) is 37.8 Å². The zero-order valence-corrected chi connectivity index (χ0v) is 12.9. The summed E-state index contributed by atoms with van der Waals surface area (Å²) in [5.41, 5.74) is 5.01. The Morgan fingerprint density at radius 3 is 2.73 bits per heavy atom. The lowest BCUT2D eigenvalue weighted by Crippen LogP contribution is -2.35. The smallest absolute Gasteiger partial charge is 0.224 e. The monoisotopic (exact) mass is 295 g/mol. The largest absolute Gasteiger partial charge is 0.349 e. The minimum Gasteiger partial charge on any atom is -0.349 e. The van der Waals surface area contributed by atoms with Crippen LogP contribution in [0, 0.1) is 5.92 Å². The molecule has 0 bridgehead atoms. The number of hydrogen-bond donors (Lipinski definition) is 1. The highest BCUT2D eigenvalue weighted by atomic mass is 16.1. The Balaban J connectivity index is 1.48. The Kier molecular flexibility index (Phi) is 3.25. The van der Waals surface area contributed by atoms with Gasteiger partial charge in [0.2, 0.25) is 5.91 Å². The van der Waals surface area contributed by atoms with Crippen LogP contribution in [0.2, 0.25) is 0 Å². The molecule has 114 valence electrons. The summed E-state index contributed by atoms with van der Waals surface area (Å²) in [6.45, 7) is 0. The Morgan fingerprint density at radius 1 is 1.27 bits per heavy atom. The van der Waals surface area contributed by atoms with E-state index >= 15 is 0 Å². The van der Waals surface area contributed by atoms with Gasteiger partial charge in [-0.05, 0) is 43.2 Å². The number of carbonyl (C=O) groups is 1. The average Bonchev–Trinajstić information content (AvgIpc) is 3.10. The van der Waals surface area contributed by atoms with Gasteiger partial charge in [-0.2, -0.15) is 5.10 Å². The van der Waals surface area contributed by atoms with Crippen LogP contribution in [0.25, 0.3) is 0 Å². The fourth-order valence-corrected chi connectivity index (χ4v) is 3.85.